The molecule has 0 aliphatic heterocycles. The smallest absolute Gasteiger partial charge is 0.276 e. The minimum Gasteiger partial charge on any atom is -0.483 e. The molecular formula is C15H23N3O2S2. The second-order valence-electron chi connectivity index (χ2n) is 4.83. The number of hydrogen-bond acceptors (Lipinski definition) is 4. The monoisotopic (exact) mass is 341 g/mol. The van der Waals surface area contributed by atoms with E-state index < -0.39 is 0 Å². The second-order valence-corrected chi connectivity index (χ2v) is 6.23. The Bertz CT molecular complexity index is 510. The van der Waals surface area contributed by atoms with Crippen LogP contribution in [0.4, 0.5) is 0 Å². The van der Waals surface area contributed by atoms with Crippen molar-refractivity contribution in [1.82, 2.24) is 16.2 Å². The number of aryl methyl sites for hydroxylation is 2. The third-order valence-corrected chi connectivity index (χ3v) is 3.77. The number of hydrazine groups is 1. The highest BCUT2D eigenvalue weighted by molar-refractivity contribution is 7.98. The molecule has 0 aliphatic carbocycles. The van der Waals surface area contributed by atoms with Crippen molar-refractivity contribution in [3.8, 4) is 5.75 Å². The normalized spacial score (nSPS) is 9.95. The average molecular weight is 342 g/mol. The molecule has 0 aromatic heterocycles. The van der Waals surface area contributed by atoms with E-state index in [9.17, 15) is 4.79 Å². The Morgan fingerprint density at radius 3 is 2.82 bits per heavy atom. The molecule has 0 radical (unpaired) electrons. The first-order valence-electron chi connectivity index (χ1n) is 7.04. The van der Waals surface area contributed by atoms with Crippen molar-refractivity contribution in [2.75, 3.05) is 25.2 Å². The second kappa shape index (κ2) is 10.3. The lowest BCUT2D eigenvalue weighted by Crippen LogP contribution is -2.48. The van der Waals surface area contributed by atoms with Crippen LogP contribution in [0, 0.1) is 13.8 Å². The van der Waals surface area contributed by atoms with Crippen LogP contribution in [0.5, 0.6) is 5.75 Å². The number of thiocarbonyl (C=S) groups is 1. The summed E-state index contributed by atoms with van der Waals surface area (Å²) in [4.78, 5) is 11.7. The zero-order valence-electron chi connectivity index (χ0n) is 13.2. The summed E-state index contributed by atoms with van der Waals surface area (Å²) >= 11 is 6.84. The molecule has 0 heterocycles. The molecular weight excluding hydrogens is 318 g/mol. The molecule has 1 amide bonds. The van der Waals surface area contributed by atoms with E-state index in [2.05, 4.69) is 22.4 Å². The largest absolute Gasteiger partial charge is 0.483 e. The maximum Gasteiger partial charge on any atom is 0.276 e. The molecule has 0 saturated carbocycles. The Balaban J connectivity index is 2.23. The predicted octanol–water partition coefficient (Wildman–Crippen LogP) is 1.93. The zero-order chi connectivity index (χ0) is 16.4. The number of carbonyl (C=O) groups excluding carboxylic acids is 1. The number of benzene rings is 1. The maximum absolute atomic E-state index is 11.7. The van der Waals surface area contributed by atoms with Crippen LogP contribution in [-0.2, 0) is 4.79 Å². The molecule has 0 bridgehead atoms. The maximum atomic E-state index is 11.7. The van der Waals surface area contributed by atoms with E-state index in [1.54, 1.807) is 11.8 Å². The molecule has 1 aromatic rings. The molecule has 0 spiro atoms. The van der Waals surface area contributed by atoms with Crippen LogP contribution in [0.3, 0.4) is 0 Å². The van der Waals surface area contributed by atoms with Crippen LogP contribution in [-0.4, -0.2) is 36.2 Å². The van der Waals surface area contributed by atoms with E-state index in [1.807, 2.05) is 32.0 Å². The Morgan fingerprint density at radius 2 is 2.09 bits per heavy atom. The number of carbonyl (C=O) groups is 1. The van der Waals surface area contributed by atoms with Gasteiger partial charge in [0.05, 0.1) is 0 Å². The molecule has 3 N–H and O–H groups in total. The molecule has 0 atom stereocenters. The van der Waals surface area contributed by atoms with Crippen LogP contribution in [0.1, 0.15) is 17.5 Å². The van der Waals surface area contributed by atoms with Gasteiger partial charge in [0, 0.05) is 6.54 Å². The fourth-order valence-electron chi connectivity index (χ4n) is 1.63. The van der Waals surface area contributed by atoms with Gasteiger partial charge in [-0.2, -0.15) is 11.8 Å². The number of thioether (sulfide) groups is 1. The lowest BCUT2D eigenvalue weighted by Gasteiger charge is -2.13. The lowest BCUT2D eigenvalue weighted by atomic mass is 10.1. The first kappa shape index (κ1) is 18.6. The summed E-state index contributed by atoms with van der Waals surface area (Å²) in [6, 6.07) is 5.88. The van der Waals surface area contributed by atoms with Crippen LogP contribution < -0.4 is 20.9 Å². The van der Waals surface area contributed by atoms with Crippen LogP contribution in [0.15, 0.2) is 18.2 Å². The Hall–Kier alpha value is -1.47. The molecule has 0 aliphatic rings. The van der Waals surface area contributed by atoms with Crippen molar-refractivity contribution in [1.29, 1.82) is 0 Å². The molecule has 5 nitrogen and oxygen atoms in total. The summed E-state index contributed by atoms with van der Waals surface area (Å²) in [6.07, 6.45) is 3.08. The number of hydrogen-bond donors (Lipinski definition) is 3. The summed E-state index contributed by atoms with van der Waals surface area (Å²) in [5, 5.41) is 3.42. The van der Waals surface area contributed by atoms with Crippen molar-refractivity contribution in [2.24, 2.45) is 0 Å². The van der Waals surface area contributed by atoms with Crippen molar-refractivity contribution in [2.45, 2.75) is 20.3 Å². The van der Waals surface area contributed by atoms with Gasteiger partial charge >= 0.3 is 0 Å². The number of nitrogens with one attached hydrogen (secondary N) is 3. The van der Waals surface area contributed by atoms with Crippen LogP contribution in [0.25, 0.3) is 0 Å². The molecule has 122 valence electrons. The van der Waals surface area contributed by atoms with Gasteiger partial charge in [-0.15, -0.1) is 0 Å². The van der Waals surface area contributed by atoms with Gasteiger partial charge in [0.25, 0.3) is 5.91 Å². The quantitative estimate of drug-likeness (QED) is 0.400. The van der Waals surface area contributed by atoms with E-state index in [0.29, 0.717) is 10.9 Å². The predicted molar refractivity (Wildman–Crippen MR) is 96.3 cm³/mol. The van der Waals surface area contributed by atoms with E-state index in [4.69, 9.17) is 17.0 Å². The Morgan fingerprint density at radius 1 is 1.32 bits per heavy atom. The van der Waals surface area contributed by atoms with E-state index in [1.165, 1.54) is 0 Å². The van der Waals surface area contributed by atoms with Crippen LogP contribution >= 0.6 is 24.0 Å². The summed E-state index contributed by atoms with van der Waals surface area (Å²) in [6.45, 7) is 4.64. The van der Waals surface area contributed by atoms with Gasteiger partial charge in [-0.3, -0.25) is 15.6 Å². The third kappa shape index (κ3) is 7.51. The van der Waals surface area contributed by atoms with Gasteiger partial charge in [-0.25, -0.2) is 0 Å². The SMILES string of the molecule is CSCCCNC(=S)NNC(=O)COc1cc(C)ccc1C. The number of rotatable bonds is 7. The first-order chi connectivity index (χ1) is 10.5. The molecule has 1 aromatic carbocycles. The fraction of sp³-hybridized carbons (Fsp3) is 0.467. The lowest BCUT2D eigenvalue weighted by molar-refractivity contribution is -0.123. The highest BCUT2D eigenvalue weighted by atomic mass is 32.2. The molecule has 0 unspecified atom stereocenters. The zero-order valence-corrected chi connectivity index (χ0v) is 14.8. The fourth-order valence-corrected chi connectivity index (χ4v) is 2.22. The van der Waals surface area contributed by atoms with Crippen molar-refractivity contribution in [3.05, 3.63) is 29.3 Å². The molecule has 0 saturated heterocycles. The van der Waals surface area contributed by atoms with E-state index in [-0.39, 0.29) is 12.5 Å². The van der Waals surface area contributed by atoms with E-state index in [0.717, 1.165) is 29.8 Å². The van der Waals surface area contributed by atoms with Crippen molar-refractivity contribution < 1.29 is 9.53 Å². The van der Waals surface area contributed by atoms with Gasteiger partial charge in [0.1, 0.15) is 5.75 Å². The van der Waals surface area contributed by atoms with Gasteiger partial charge < -0.3 is 10.1 Å². The van der Waals surface area contributed by atoms with Crippen molar-refractivity contribution >= 4 is 35.0 Å². The van der Waals surface area contributed by atoms with E-state index >= 15 is 0 Å². The van der Waals surface area contributed by atoms with Gasteiger partial charge in [0.2, 0.25) is 0 Å². The Kier molecular flexibility index (Phi) is 8.69. The van der Waals surface area contributed by atoms with Gasteiger partial charge in [0.15, 0.2) is 11.7 Å². The molecule has 22 heavy (non-hydrogen) atoms. The minimum atomic E-state index is -0.283. The molecule has 0 fully saturated rings. The minimum absolute atomic E-state index is 0.0631. The Labute approximate surface area is 141 Å². The molecule has 7 heteroatoms. The third-order valence-electron chi connectivity index (χ3n) is 2.83. The summed E-state index contributed by atoms with van der Waals surface area (Å²) in [5.41, 5.74) is 7.25. The van der Waals surface area contributed by atoms with Crippen molar-refractivity contribution in [3.63, 3.8) is 0 Å². The summed E-state index contributed by atoms with van der Waals surface area (Å²) in [5.74, 6) is 1.51. The topological polar surface area (TPSA) is 62.4 Å². The number of ether oxygens (including phenoxy) is 1. The summed E-state index contributed by atoms with van der Waals surface area (Å²) in [7, 11) is 0. The molecule has 1 rings (SSSR count). The average Bonchev–Trinajstić information content (AvgIpc) is 2.50. The standard InChI is InChI=1S/C15H23N3O2S2/c1-11-5-6-12(2)13(9-11)20-10-14(19)17-18-15(21)16-7-4-8-22-3/h5-6,9H,4,7-8,10H2,1-3H3,(H,17,19)(H2,16,18,21). The van der Waals surface area contributed by atoms with Gasteiger partial charge in [-0.1, -0.05) is 12.1 Å². The highest BCUT2D eigenvalue weighted by Gasteiger charge is 2.05. The van der Waals surface area contributed by atoms with Crippen LogP contribution in [0.2, 0.25) is 0 Å². The number of amides is 1. The highest BCUT2D eigenvalue weighted by Crippen LogP contribution is 2.18. The first-order valence-corrected chi connectivity index (χ1v) is 8.85. The van der Waals surface area contributed by atoms with Gasteiger partial charge in [-0.05, 0) is 61.7 Å². The summed E-state index contributed by atoms with van der Waals surface area (Å²) < 4.78 is 5.51.